The van der Waals surface area contributed by atoms with Crippen LogP contribution in [0, 0.1) is 0 Å². The zero-order chi connectivity index (χ0) is 36.8. The van der Waals surface area contributed by atoms with Crippen molar-refractivity contribution in [2.24, 2.45) is 0 Å². The van der Waals surface area contributed by atoms with E-state index in [4.69, 9.17) is 0 Å². The molecule has 0 saturated carbocycles. The Morgan fingerprint density at radius 3 is 1.33 bits per heavy atom. The number of phenols is 1. The average Bonchev–Trinajstić information content (AvgIpc) is 3.66. The van der Waals surface area contributed by atoms with E-state index in [-0.39, 0.29) is 45.2 Å². The van der Waals surface area contributed by atoms with E-state index in [1.165, 1.54) is 30.3 Å². The highest BCUT2D eigenvalue weighted by Gasteiger charge is 2.36. The Morgan fingerprint density at radius 2 is 0.923 bits per heavy atom. The lowest BCUT2D eigenvalue weighted by Gasteiger charge is -2.19. The summed E-state index contributed by atoms with van der Waals surface area (Å²) >= 11 is 0. The van der Waals surface area contributed by atoms with Gasteiger partial charge in [-0.15, -0.1) is 0 Å². The number of alkyl halides is 6. The molecular weight excluding hydrogens is 686 g/mol. The minimum absolute atomic E-state index is 0.0800. The maximum absolute atomic E-state index is 14.7. The molecule has 0 aliphatic rings. The number of benzene rings is 5. The Kier molecular flexibility index (Phi) is 8.49. The predicted octanol–water partition coefficient (Wildman–Crippen LogP) is 8.90. The van der Waals surface area contributed by atoms with Crippen LogP contribution in [0.15, 0.2) is 143 Å². The Morgan fingerprint density at radius 1 is 0.519 bits per heavy atom. The van der Waals surface area contributed by atoms with E-state index in [1.54, 1.807) is 66.7 Å². The van der Waals surface area contributed by atoms with Crippen molar-refractivity contribution in [3.05, 3.63) is 182 Å². The van der Waals surface area contributed by atoms with E-state index < -0.39 is 40.5 Å². The van der Waals surface area contributed by atoms with Crippen LogP contribution in [-0.2, 0) is 12.4 Å². The fourth-order valence-corrected chi connectivity index (χ4v) is 6.28. The number of aromatic nitrogens is 4. The van der Waals surface area contributed by atoms with Gasteiger partial charge in [-0.25, -0.2) is 9.36 Å². The van der Waals surface area contributed by atoms with Gasteiger partial charge in [-0.2, -0.15) is 26.3 Å². The molecule has 0 bridgehead atoms. The highest BCUT2D eigenvalue weighted by atomic mass is 19.4. The van der Waals surface area contributed by atoms with Gasteiger partial charge in [-0.3, -0.25) is 19.8 Å². The topological polar surface area (TPSA) is 95.8 Å². The summed E-state index contributed by atoms with van der Waals surface area (Å²) in [6, 6.07) is 31.0. The van der Waals surface area contributed by atoms with Gasteiger partial charge in [0.1, 0.15) is 5.75 Å². The van der Waals surface area contributed by atoms with E-state index in [0.29, 0.717) is 11.1 Å². The number of hydrogen-bond acceptors (Lipinski definition) is 3. The van der Waals surface area contributed by atoms with Crippen LogP contribution in [0.3, 0.4) is 0 Å². The molecule has 2 aromatic heterocycles. The molecule has 5 aromatic carbocycles. The van der Waals surface area contributed by atoms with Crippen LogP contribution in [0.25, 0.3) is 33.9 Å². The molecule has 52 heavy (non-hydrogen) atoms. The summed E-state index contributed by atoms with van der Waals surface area (Å²) < 4.78 is 84.7. The molecule has 0 saturated heterocycles. The summed E-state index contributed by atoms with van der Waals surface area (Å²) in [7, 11) is 0. The van der Waals surface area contributed by atoms with Crippen LogP contribution >= 0.6 is 0 Å². The average molecular weight is 713 g/mol. The minimum atomic E-state index is -4.72. The number of aromatic hydroxyl groups is 1. The van der Waals surface area contributed by atoms with Crippen molar-refractivity contribution in [2.75, 3.05) is 0 Å². The summed E-state index contributed by atoms with van der Waals surface area (Å²) in [5.74, 6) is -1.74. The highest BCUT2D eigenvalue weighted by Crippen LogP contribution is 2.42. The second-order valence-corrected chi connectivity index (χ2v) is 11.9. The Bertz CT molecular complexity index is 2360. The SMILES string of the molecule is O=c1c(C(c2ccccc2O)c2c(-c3ccccc3)[nH]n(-c3cccc(C(F)(F)F)c3)c2=O)c(-c2ccccc2)[nH]n1-c1cccc(C(F)(F)F)c1. The molecule has 0 spiro atoms. The molecule has 13 heteroatoms. The Hall–Kier alpha value is -6.50. The van der Waals surface area contributed by atoms with Gasteiger partial charge in [0.25, 0.3) is 11.1 Å². The molecule has 7 nitrogen and oxygen atoms in total. The fraction of sp³-hybridized carbons (Fsp3) is 0.0769. The third-order valence-electron chi connectivity index (χ3n) is 8.67. The van der Waals surface area contributed by atoms with Gasteiger partial charge in [0, 0.05) is 5.56 Å². The fourth-order valence-electron chi connectivity index (χ4n) is 6.28. The molecule has 3 N–H and O–H groups in total. The van der Waals surface area contributed by atoms with Crippen molar-refractivity contribution in [2.45, 2.75) is 18.3 Å². The largest absolute Gasteiger partial charge is 0.508 e. The van der Waals surface area contributed by atoms with Crippen LogP contribution in [-0.4, -0.2) is 24.7 Å². The molecule has 0 unspecified atom stereocenters. The predicted molar refractivity (Wildman–Crippen MR) is 183 cm³/mol. The molecule has 0 aliphatic heterocycles. The quantitative estimate of drug-likeness (QED) is 0.144. The van der Waals surface area contributed by atoms with Gasteiger partial charge < -0.3 is 5.11 Å². The van der Waals surface area contributed by atoms with Crippen molar-refractivity contribution >= 4 is 0 Å². The molecule has 262 valence electrons. The highest BCUT2D eigenvalue weighted by molar-refractivity contribution is 5.72. The standard InChI is InChI=1S/C39H26F6N4O3/c40-38(41,42)25-15-9-17-27(21-25)48-36(51)32(34(46-48)23-11-3-1-4-12-23)31(29-19-7-8-20-30(29)50)33-35(24-13-5-2-6-14-24)47-49(37(33)52)28-18-10-16-26(22-28)39(43,44)45/h1-22,31,46-47,50H. The van der Waals surface area contributed by atoms with E-state index in [9.17, 15) is 41.0 Å². The molecule has 7 rings (SSSR count). The molecule has 0 aliphatic carbocycles. The molecular formula is C39H26F6N4O3. The van der Waals surface area contributed by atoms with E-state index >= 15 is 0 Å². The third-order valence-corrected chi connectivity index (χ3v) is 8.67. The number of nitrogens with zero attached hydrogens (tertiary/aromatic N) is 2. The number of nitrogens with one attached hydrogen (secondary N) is 2. The summed E-state index contributed by atoms with van der Waals surface area (Å²) in [6.45, 7) is 0. The zero-order valence-electron chi connectivity index (χ0n) is 26.7. The summed E-state index contributed by atoms with van der Waals surface area (Å²) in [5.41, 5.74) is -3.04. The lowest BCUT2D eigenvalue weighted by Crippen LogP contribution is -2.25. The molecule has 0 atom stereocenters. The van der Waals surface area contributed by atoms with Crippen LogP contribution in [0.1, 0.15) is 33.7 Å². The van der Waals surface area contributed by atoms with Gasteiger partial charge in [-0.05, 0) is 53.6 Å². The molecule has 2 heterocycles. The first-order valence-electron chi connectivity index (χ1n) is 15.8. The van der Waals surface area contributed by atoms with E-state index in [0.717, 1.165) is 45.8 Å². The van der Waals surface area contributed by atoms with Crippen molar-refractivity contribution in [3.63, 3.8) is 0 Å². The zero-order valence-corrected chi connectivity index (χ0v) is 26.7. The minimum Gasteiger partial charge on any atom is -0.508 e. The number of hydrogen-bond donors (Lipinski definition) is 3. The first-order valence-corrected chi connectivity index (χ1v) is 15.8. The molecule has 0 radical (unpaired) electrons. The van der Waals surface area contributed by atoms with Gasteiger partial charge in [0.05, 0.1) is 50.9 Å². The van der Waals surface area contributed by atoms with Crippen molar-refractivity contribution in [1.29, 1.82) is 0 Å². The summed E-state index contributed by atoms with van der Waals surface area (Å²) in [5, 5.41) is 17.2. The number of H-pyrrole nitrogens is 2. The maximum Gasteiger partial charge on any atom is 0.416 e. The third kappa shape index (κ3) is 6.21. The lowest BCUT2D eigenvalue weighted by atomic mass is 9.82. The monoisotopic (exact) mass is 712 g/mol. The van der Waals surface area contributed by atoms with Gasteiger partial charge in [-0.1, -0.05) is 91.0 Å². The molecule has 0 amide bonds. The smallest absolute Gasteiger partial charge is 0.416 e. The first kappa shape index (κ1) is 34.0. The second-order valence-electron chi connectivity index (χ2n) is 11.9. The number of rotatable bonds is 7. The van der Waals surface area contributed by atoms with Crippen molar-refractivity contribution in [3.8, 4) is 39.6 Å². The first-order chi connectivity index (χ1) is 24.8. The number of aromatic amines is 2. The van der Waals surface area contributed by atoms with Crippen LogP contribution in [0.4, 0.5) is 26.3 Å². The summed E-state index contributed by atoms with van der Waals surface area (Å²) in [4.78, 5) is 29.5. The van der Waals surface area contributed by atoms with Crippen LogP contribution < -0.4 is 11.1 Å². The Labute approximate surface area is 290 Å². The number of para-hydroxylation sites is 1. The lowest BCUT2D eigenvalue weighted by molar-refractivity contribution is -0.138. The molecule has 7 aromatic rings. The van der Waals surface area contributed by atoms with Crippen molar-refractivity contribution < 1.29 is 31.4 Å². The van der Waals surface area contributed by atoms with Gasteiger partial charge in [0.2, 0.25) is 0 Å². The van der Waals surface area contributed by atoms with Crippen molar-refractivity contribution in [1.82, 2.24) is 19.6 Å². The van der Waals surface area contributed by atoms with E-state index in [2.05, 4.69) is 10.2 Å². The summed E-state index contributed by atoms with van der Waals surface area (Å²) in [6.07, 6.45) is -9.44. The van der Waals surface area contributed by atoms with Gasteiger partial charge >= 0.3 is 12.4 Å². The van der Waals surface area contributed by atoms with Crippen LogP contribution in [0.2, 0.25) is 0 Å². The number of halogens is 6. The second kappa shape index (κ2) is 13.0. The van der Waals surface area contributed by atoms with Crippen LogP contribution in [0.5, 0.6) is 5.75 Å². The number of phenolic OH excluding ortho intramolecular Hbond substituents is 1. The maximum atomic E-state index is 14.7. The van der Waals surface area contributed by atoms with E-state index in [1.807, 2.05) is 0 Å². The van der Waals surface area contributed by atoms with Gasteiger partial charge in [0.15, 0.2) is 0 Å². The normalized spacial score (nSPS) is 12.1. The molecule has 0 fully saturated rings. The Balaban J connectivity index is 1.59.